The van der Waals surface area contributed by atoms with Gasteiger partial charge in [-0.2, -0.15) is 9.97 Å². The Kier molecular flexibility index (Phi) is 6.98. The zero-order valence-electron chi connectivity index (χ0n) is 30.7. The Bertz CT molecular complexity index is 3160. The van der Waals surface area contributed by atoms with E-state index >= 15 is 0 Å². The molecule has 0 amide bonds. The fraction of sp³-hybridized carbons (Fsp3) is 0.0192. The third-order valence-electron chi connectivity index (χ3n) is 11.7. The normalized spacial score (nSPS) is 13.4. The van der Waals surface area contributed by atoms with Crippen molar-refractivity contribution in [2.75, 3.05) is 4.90 Å². The number of para-hydroxylation sites is 2. The summed E-state index contributed by atoms with van der Waals surface area (Å²) in [4.78, 5) is 18.3. The zero-order chi connectivity index (χ0) is 37.5. The van der Waals surface area contributed by atoms with Gasteiger partial charge in [-0.25, -0.2) is 4.98 Å². The van der Waals surface area contributed by atoms with Crippen molar-refractivity contribution in [1.82, 2.24) is 15.0 Å². The van der Waals surface area contributed by atoms with Gasteiger partial charge in [-0.15, -0.1) is 11.3 Å². The van der Waals surface area contributed by atoms with Gasteiger partial charge in [0.25, 0.3) is 0 Å². The summed E-state index contributed by atoms with van der Waals surface area (Å²) in [5, 5.41) is 2.38. The molecule has 10 aromatic rings. The fourth-order valence-electron chi connectivity index (χ4n) is 9.39. The third kappa shape index (κ3) is 4.64. The first-order valence-corrected chi connectivity index (χ1v) is 20.1. The lowest BCUT2D eigenvalue weighted by Crippen LogP contribution is -2.36. The second-order valence-corrected chi connectivity index (χ2v) is 15.8. The summed E-state index contributed by atoms with van der Waals surface area (Å²) >= 11 is 1.80. The SMILES string of the molecule is c1ccc(-c2ccc3c(c2)C2(c4ccccc4-3)c3ccccc3N(c3nc(-c4ccccc4)nc(-c4cccc5sc6ccccc6c45)n3)c3ccccc32)cc1. The van der Waals surface area contributed by atoms with Crippen molar-refractivity contribution in [2.24, 2.45) is 0 Å². The van der Waals surface area contributed by atoms with Gasteiger partial charge in [-0.3, -0.25) is 4.90 Å². The molecule has 0 radical (unpaired) electrons. The van der Waals surface area contributed by atoms with Gasteiger partial charge in [0, 0.05) is 31.3 Å². The number of thiophene rings is 1. The minimum absolute atomic E-state index is 0.578. The van der Waals surface area contributed by atoms with Crippen LogP contribution in [0.2, 0.25) is 0 Å². The number of hydrogen-bond acceptors (Lipinski definition) is 5. The minimum atomic E-state index is -0.584. The summed E-state index contributed by atoms with van der Waals surface area (Å²) in [5.41, 5.74) is 13.3. The molecule has 12 rings (SSSR count). The van der Waals surface area contributed by atoms with E-state index in [4.69, 9.17) is 15.0 Å². The summed E-state index contributed by atoms with van der Waals surface area (Å²) in [6, 6.07) is 69.7. The van der Waals surface area contributed by atoms with Crippen LogP contribution in [0.1, 0.15) is 22.3 Å². The molecule has 0 unspecified atom stereocenters. The molecule has 0 saturated carbocycles. The van der Waals surface area contributed by atoms with E-state index in [9.17, 15) is 0 Å². The number of anilines is 3. The van der Waals surface area contributed by atoms with Gasteiger partial charge in [0.2, 0.25) is 5.95 Å². The standard InChI is InChI=1S/C52H32N4S/c1-3-16-33(17-4-1)35-30-31-37-36-20-7-9-23-40(36)52(43(37)32-35)41-24-10-12-26-44(41)56(45-27-13-11-25-42(45)52)51-54-49(34-18-5-2-6-19-34)53-50(55-51)39-22-15-29-47-48(39)38-21-8-14-28-46(38)57-47/h1-32H. The summed E-state index contributed by atoms with van der Waals surface area (Å²) in [6.07, 6.45) is 0. The summed E-state index contributed by atoms with van der Waals surface area (Å²) < 4.78 is 2.45. The molecule has 0 saturated heterocycles. The summed E-state index contributed by atoms with van der Waals surface area (Å²) in [6.45, 7) is 0. The second-order valence-electron chi connectivity index (χ2n) is 14.7. The maximum Gasteiger partial charge on any atom is 0.238 e. The van der Waals surface area contributed by atoms with E-state index in [0.717, 1.165) is 22.5 Å². The van der Waals surface area contributed by atoms with Crippen molar-refractivity contribution in [3.05, 3.63) is 216 Å². The van der Waals surface area contributed by atoms with Crippen LogP contribution in [0.15, 0.2) is 194 Å². The van der Waals surface area contributed by atoms with Gasteiger partial charge in [0.15, 0.2) is 11.6 Å². The van der Waals surface area contributed by atoms with E-state index < -0.39 is 5.41 Å². The molecule has 2 aromatic heterocycles. The highest BCUT2D eigenvalue weighted by Crippen LogP contribution is 2.63. The molecule has 1 aliphatic heterocycles. The van der Waals surface area contributed by atoms with Crippen LogP contribution in [-0.4, -0.2) is 15.0 Å². The molecule has 5 heteroatoms. The van der Waals surface area contributed by atoms with Crippen LogP contribution in [0.4, 0.5) is 17.3 Å². The molecule has 0 atom stereocenters. The molecular formula is C52H32N4S. The number of hydrogen-bond donors (Lipinski definition) is 0. The summed E-state index contributed by atoms with van der Waals surface area (Å²) in [5.74, 6) is 1.86. The van der Waals surface area contributed by atoms with Crippen molar-refractivity contribution in [1.29, 1.82) is 0 Å². The van der Waals surface area contributed by atoms with E-state index in [1.54, 1.807) is 11.3 Å². The third-order valence-corrected chi connectivity index (χ3v) is 12.9. The van der Waals surface area contributed by atoms with Gasteiger partial charge in [0.1, 0.15) is 0 Å². The van der Waals surface area contributed by atoms with Gasteiger partial charge in [0.05, 0.1) is 16.8 Å². The van der Waals surface area contributed by atoms with Crippen molar-refractivity contribution in [3.8, 4) is 45.0 Å². The van der Waals surface area contributed by atoms with E-state index in [2.05, 4.69) is 181 Å². The molecule has 1 aliphatic carbocycles. The predicted molar refractivity (Wildman–Crippen MR) is 235 cm³/mol. The van der Waals surface area contributed by atoms with E-state index in [1.807, 2.05) is 18.2 Å². The lowest BCUT2D eigenvalue weighted by Gasteiger charge is -2.44. The number of rotatable bonds is 4. The molecular weight excluding hydrogens is 713 g/mol. The maximum absolute atomic E-state index is 5.45. The molecule has 57 heavy (non-hydrogen) atoms. The monoisotopic (exact) mass is 744 g/mol. The number of nitrogens with zero attached hydrogens (tertiary/aromatic N) is 4. The highest BCUT2D eigenvalue weighted by atomic mass is 32.1. The van der Waals surface area contributed by atoms with Crippen LogP contribution in [0, 0.1) is 0 Å². The van der Waals surface area contributed by atoms with E-state index in [0.29, 0.717) is 17.6 Å². The van der Waals surface area contributed by atoms with E-state index in [1.165, 1.54) is 64.7 Å². The Morgan fingerprint density at radius 1 is 0.386 bits per heavy atom. The molecule has 8 aromatic carbocycles. The molecule has 1 spiro atoms. The Labute approximate surface area is 334 Å². The molecule has 0 bridgehead atoms. The van der Waals surface area contributed by atoms with Crippen molar-refractivity contribution in [2.45, 2.75) is 5.41 Å². The van der Waals surface area contributed by atoms with Crippen LogP contribution in [0.25, 0.3) is 65.2 Å². The van der Waals surface area contributed by atoms with Crippen molar-refractivity contribution in [3.63, 3.8) is 0 Å². The average molecular weight is 745 g/mol. The van der Waals surface area contributed by atoms with Crippen LogP contribution >= 0.6 is 11.3 Å². The molecule has 0 fully saturated rings. The Balaban J connectivity index is 1.15. The minimum Gasteiger partial charge on any atom is -0.278 e. The molecule has 3 heterocycles. The highest BCUT2D eigenvalue weighted by Gasteiger charge is 2.52. The van der Waals surface area contributed by atoms with Gasteiger partial charge >= 0.3 is 0 Å². The predicted octanol–water partition coefficient (Wildman–Crippen LogP) is 13.4. The van der Waals surface area contributed by atoms with Crippen LogP contribution in [0.5, 0.6) is 0 Å². The Hall–Kier alpha value is -7.21. The topological polar surface area (TPSA) is 41.9 Å². The van der Waals surface area contributed by atoms with Gasteiger partial charge < -0.3 is 0 Å². The number of fused-ring (bicyclic) bond motifs is 12. The molecule has 266 valence electrons. The fourth-order valence-corrected chi connectivity index (χ4v) is 10.5. The first kappa shape index (κ1) is 32.1. The van der Waals surface area contributed by atoms with Crippen molar-refractivity contribution >= 4 is 48.8 Å². The Morgan fingerprint density at radius 3 is 1.74 bits per heavy atom. The quantitative estimate of drug-likeness (QED) is 0.180. The first-order valence-electron chi connectivity index (χ1n) is 19.3. The molecule has 2 aliphatic rings. The van der Waals surface area contributed by atoms with Gasteiger partial charge in [-0.1, -0.05) is 164 Å². The number of aromatic nitrogens is 3. The summed E-state index contributed by atoms with van der Waals surface area (Å²) in [7, 11) is 0. The van der Waals surface area contributed by atoms with E-state index in [-0.39, 0.29) is 0 Å². The zero-order valence-corrected chi connectivity index (χ0v) is 31.5. The average Bonchev–Trinajstić information content (AvgIpc) is 3.81. The molecule has 0 N–H and O–H groups in total. The highest BCUT2D eigenvalue weighted by molar-refractivity contribution is 7.25. The van der Waals surface area contributed by atoms with Crippen LogP contribution in [0.3, 0.4) is 0 Å². The molecule has 4 nitrogen and oxygen atoms in total. The second kappa shape index (κ2) is 12.4. The first-order chi connectivity index (χ1) is 28.3. The van der Waals surface area contributed by atoms with Crippen LogP contribution < -0.4 is 4.90 Å². The Morgan fingerprint density at radius 2 is 0.965 bits per heavy atom. The number of benzene rings is 8. The lowest BCUT2D eigenvalue weighted by molar-refractivity contribution is 0.749. The largest absolute Gasteiger partial charge is 0.278 e. The smallest absolute Gasteiger partial charge is 0.238 e. The van der Waals surface area contributed by atoms with Crippen molar-refractivity contribution < 1.29 is 0 Å². The van der Waals surface area contributed by atoms with Crippen LogP contribution in [-0.2, 0) is 5.41 Å². The maximum atomic E-state index is 5.45. The van der Waals surface area contributed by atoms with Gasteiger partial charge in [-0.05, 0) is 74.8 Å². The lowest BCUT2D eigenvalue weighted by atomic mass is 9.64.